The molecule has 8 heteroatoms. The molecule has 0 bridgehead atoms. The fraction of sp³-hybridized carbons (Fsp3) is 0.250. The van der Waals surface area contributed by atoms with E-state index in [4.69, 9.17) is 11.5 Å². The van der Waals surface area contributed by atoms with E-state index in [2.05, 4.69) is 5.32 Å². The minimum atomic E-state index is -1.05. The standard InChI is InChI=1S/C20H21F2N3O3/c21-15-5-2-1-4-13(15)12-7-8-16(22)14(10-12)18(26)6-3-9-25-20(28)17(23)11-19(24)27/h1-2,4-5,7-8,10,17H,3,6,9,11,23H2,(H2,24,27)(H,25,28)/t17-/m0/s1. The molecule has 0 saturated heterocycles. The van der Waals surface area contributed by atoms with Gasteiger partial charge >= 0.3 is 0 Å². The number of nitrogens with one attached hydrogen (secondary N) is 1. The summed E-state index contributed by atoms with van der Waals surface area (Å²) in [4.78, 5) is 34.7. The number of Topliss-reactive ketones (excluding diaryl/α,β-unsaturated/α-hetero) is 1. The highest BCUT2D eigenvalue weighted by atomic mass is 19.1. The van der Waals surface area contributed by atoms with E-state index in [0.29, 0.717) is 5.56 Å². The first-order chi connectivity index (χ1) is 13.3. The van der Waals surface area contributed by atoms with Crippen LogP contribution in [0.5, 0.6) is 0 Å². The Kier molecular flexibility index (Phi) is 7.34. The second-order valence-electron chi connectivity index (χ2n) is 6.27. The maximum Gasteiger partial charge on any atom is 0.237 e. The van der Waals surface area contributed by atoms with Crippen molar-refractivity contribution < 1.29 is 23.2 Å². The summed E-state index contributed by atoms with van der Waals surface area (Å²) in [6, 6.07) is 8.81. The van der Waals surface area contributed by atoms with Gasteiger partial charge in [0.05, 0.1) is 18.0 Å². The SMILES string of the molecule is NC(=O)C[C@H](N)C(=O)NCCCC(=O)c1cc(-c2ccccc2F)ccc1F. The van der Waals surface area contributed by atoms with Gasteiger partial charge in [0.15, 0.2) is 5.78 Å². The molecule has 2 aromatic rings. The molecule has 0 spiro atoms. The van der Waals surface area contributed by atoms with Crippen LogP contribution in [0.4, 0.5) is 8.78 Å². The molecule has 2 amide bonds. The molecule has 0 saturated carbocycles. The molecule has 0 aliphatic heterocycles. The van der Waals surface area contributed by atoms with Crippen molar-refractivity contribution in [1.29, 1.82) is 0 Å². The van der Waals surface area contributed by atoms with E-state index < -0.39 is 35.3 Å². The number of rotatable bonds is 9. The highest BCUT2D eigenvalue weighted by Gasteiger charge is 2.17. The molecule has 1 atom stereocenters. The summed E-state index contributed by atoms with van der Waals surface area (Å²) in [5.41, 5.74) is 11.0. The van der Waals surface area contributed by atoms with Crippen LogP contribution in [0.25, 0.3) is 11.1 Å². The van der Waals surface area contributed by atoms with E-state index in [-0.39, 0.29) is 36.9 Å². The second-order valence-corrected chi connectivity index (χ2v) is 6.27. The Balaban J connectivity index is 1.96. The van der Waals surface area contributed by atoms with E-state index in [1.807, 2.05) is 0 Å². The summed E-state index contributed by atoms with van der Waals surface area (Å²) < 4.78 is 28.0. The van der Waals surface area contributed by atoms with Crippen molar-refractivity contribution in [3.63, 3.8) is 0 Å². The highest BCUT2D eigenvalue weighted by molar-refractivity contribution is 5.97. The van der Waals surface area contributed by atoms with Crippen molar-refractivity contribution in [1.82, 2.24) is 5.32 Å². The Morgan fingerprint density at radius 3 is 2.43 bits per heavy atom. The number of primary amides is 1. The average Bonchev–Trinajstić information content (AvgIpc) is 2.65. The molecule has 28 heavy (non-hydrogen) atoms. The number of carbonyl (C=O) groups is 3. The van der Waals surface area contributed by atoms with Gasteiger partial charge < -0.3 is 16.8 Å². The van der Waals surface area contributed by atoms with Gasteiger partial charge in [0.1, 0.15) is 11.6 Å². The summed E-state index contributed by atoms with van der Waals surface area (Å²) in [5.74, 6) is -2.88. The van der Waals surface area contributed by atoms with Crippen LogP contribution < -0.4 is 16.8 Å². The fourth-order valence-corrected chi connectivity index (χ4v) is 2.64. The van der Waals surface area contributed by atoms with E-state index in [9.17, 15) is 23.2 Å². The predicted octanol–water partition coefficient (Wildman–Crippen LogP) is 1.91. The zero-order chi connectivity index (χ0) is 20.7. The summed E-state index contributed by atoms with van der Waals surface area (Å²) in [7, 11) is 0. The zero-order valence-electron chi connectivity index (χ0n) is 15.1. The van der Waals surface area contributed by atoms with E-state index in [1.165, 1.54) is 24.3 Å². The first-order valence-corrected chi connectivity index (χ1v) is 8.69. The van der Waals surface area contributed by atoms with Crippen molar-refractivity contribution in [2.75, 3.05) is 6.54 Å². The van der Waals surface area contributed by atoms with E-state index in [0.717, 1.165) is 6.07 Å². The summed E-state index contributed by atoms with van der Waals surface area (Å²) in [6.45, 7) is 0.131. The monoisotopic (exact) mass is 389 g/mol. The van der Waals surface area contributed by atoms with Crippen LogP contribution in [0.1, 0.15) is 29.6 Å². The topological polar surface area (TPSA) is 115 Å². The normalized spacial score (nSPS) is 11.7. The Morgan fingerprint density at radius 2 is 1.75 bits per heavy atom. The first kappa shape index (κ1) is 21.2. The van der Waals surface area contributed by atoms with Crippen molar-refractivity contribution in [3.05, 3.63) is 59.7 Å². The minimum Gasteiger partial charge on any atom is -0.370 e. The van der Waals surface area contributed by atoms with Gasteiger partial charge in [-0.25, -0.2) is 8.78 Å². The number of ketones is 1. The average molecular weight is 389 g/mol. The lowest BCUT2D eigenvalue weighted by Crippen LogP contribution is -2.43. The van der Waals surface area contributed by atoms with Crippen LogP contribution in [-0.4, -0.2) is 30.2 Å². The van der Waals surface area contributed by atoms with Gasteiger partial charge in [-0.1, -0.05) is 24.3 Å². The first-order valence-electron chi connectivity index (χ1n) is 8.69. The van der Waals surface area contributed by atoms with Gasteiger partial charge in [0, 0.05) is 18.5 Å². The van der Waals surface area contributed by atoms with Gasteiger partial charge in [0.2, 0.25) is 11.8 Å². The molecule has 0 fully saturated rings. The Labute approximate surface area is 160 Å². The number of benzene rings is 2. The molecule has 148 valence electrons. The number of nitrogens with two attached hydrogens (primary N) is 2. The molecule has 6 nitrogen and oxygen atoms in total. The molecular weight excluding hydrogens is 368 g/mol. The number of halogens is 2. The maximum absolute atomic E-state index is 14.1. The quantitative estimate of drug-likeness (QED) is 0.449. The molecule has 2 rings (SSSR count). The molecule has 0 aliphatic rings. The smallest absolute Gasteiger partial charge is 0.237 e. The second kappa shape index (κ2) is 9.70. The lowest BCUT2D eigenvalue weighted by Gasteiger charge is -2.11. The number of carbonyl (C=O) groups excluding carboxylic acids is 3. The molecular formula is C20H21F2N3O3. The van der Waals surface area contributed by atoms with Gasteiger partial charge in [-0.05, 0) is 30.2 Å². The van der Waals surface area contributed by atoms with Gasteiger partial charge in [0.25, 0.3) is 0 Å². The third kappa shape index (κ3) is 5.68. The van der Waals surface area contributed by atoms with Crippen LogP contribution >= 0.6 is 0 Å². The van der Waals surface area contributed by atoms with Crippen molar-refractivity contribution in [2.24, 2.45) is 11.5 Å². The minimum absolute atomic E-state index is 0.0248. The highest BCUT2D eigenvalue weighted by Crippen LogP contribution is 2.25. The summed E-state index contributed by atoms with van der Waals surface area (Å²) >= 11 is 0. The van der Waals surface area contributed by atoms with Crippen LogP contribution in [0, 0.1) is 11.6 Å². The van der Waals surface area contributed by atoms with Crippen molar-refractivity contribution >= 4 is 17.6 Å². The predicted molar refractivity (Wildman–Crippen MR) is 100 cm³/mol. The lowest BCUT2D eigenvalue weighted by atomic mass is 9.98. The number of hydrogen-bond acceptors (Lipinski definition) is 4. The Morgan fingerprint density at radius 1 is 1.04 bits per heavy atom. The van der Waals surface area contributed by atoms with Crippen LogP contribution in [-0.2, 0) is 9.59 Å². The molecule has 0 unspecified atom stereocenters. The number of amides is 2. The largest absolute Gasteiger partial charge is 0.370 e. The van der Waals surface area contributed by atoms with Gasteiger partial charge in [-0.2, -0.15) is 0 Å². The van der Waals surface area contributed by atoms with Crippen molar-refractivity contribution in [2.45, 2.75) is 25.3 Å². The maximum atomic E-state index is 14.1. The fourth-order valence-electron chi connectivity index (χ4n) is 2.64. The van der Waals surface area contributed by atoms with E-state index in [1.54, 1.807) is 12.1 Å². The van der Waals surface area contributed by atoms with Gasteiger partial charge in [-0.3, -0.25) is 14.4 Å². The van der Waals surface area contributed by atoms with Gasteiger partial charge in [-0.15, -0.1) is 0 Å². The molecule has 0 heterocycles. The summed E-state index contributed by atoms with van der Waals surface area (Å²) in [6.07, 6.45) is -0.0565. The lowest BCUT2D eigenvalue weighted by molar-refractivity contribution is -0.126. The Bertz CT molecular complexity index is 887. The number of hydrogen-bond donors (Lipinski definition) is 3. The summed E-state index contributed by atoms with van der Waals surface area (Å²) in [5, 5.41) is 2.49. The van der Waals surface area contributed by atoms with Crippen LogP contribution in [0.15, 0.2) is 42.5 Å². The molecule has 5 N–H and O–H groups in total. The molecule has 0 radical (unpaired) electrons. The zero-order valence-corrected chi connectivity index (χ0v) is 15.1. The van der Waals surface area contributed by atoms with Crippen LogP contribution in [0.2, 0.25) is 0 Å². The third-order valence-electron chi connectivity index (χ3n) is 4.09. The molecule has 0 aromatic heterocycles. The van der Waals surface area contributed by atoms with Crippen LogP contribution in [0.3, 0.4) is 0 Å². The van der Waals surface area contributed by atoms with Crippen molar-refractivity contribution in [3.8, 4) is 11.1 Å². The molecule has 2 aromatic carbocycles. The Hall–Kier alpha value is -3.13. The third-order valence-corrected chi connectivity index (χ3v) is 4.09. The van der Waals surface area contributed by atoms with E-state index >= 15 is 0 Å². The molecule has 0 aliphatic carbocycles.